The molecule has 3 aromatic carbocycles. The van der Waals surface area contributed by atoms with Crippen LogP contribution in [0.5, 0.6) is 0 Å². The molecular formula is C25H25N3O2. The van der Waals surface area contributed by atoms with Crippen LogP contribution < -0.4 is 15.5 Å². The first-order valence-electron chi connectivity index (χ1n) is 10.2. The molecule has 5 heteroatoms. The van der Waals surface area contributed by atoms with Crippen molar-refractivity contribution in [1.82, 2.24) is 5.32 Å². The van der Waals surface area contributed by atoms with Crippen LogP contribution in [0, 0.1) is 6.92 Å². The van der Waals surface area contributed by atoms with Crippen LogP contribution in [0.1, 0.15) is 35.6 Å². The van der Waals surface area contributed by atoms with Crippen LogP contribution in [0.25, 0.3) is 0 Å². The highest BCUT2D eigenvalue weighted by Gasteiger charge is 2.23. The van der Waals surface area contributed by atoms with Crippen LogP contribution in [0.4, 0.5) is 16.2 Å². The average Bonchev–Trinajstić information content (AvgIpc) is 3.20. The molecule has 0 aromatic heterocycles. The minimum Gasteiger partial charge on any atom is -0.327 e. The third kappa shape index (κ3) is 4.35. The summed E-state index contributed by atoms with van der Waals surface area (Å²) in [4.78, 5) is 26.8. The maximum atomic E-state index is 12.8. The van der Waals surface area contributed by atoms with Gasteiger partial charge >= 0.3 is 6.03 Å². The van der Waals surface area contributed by atoms with E-state index in [1.165, 1.54) is 0 Å². The monoisotopic (exact) mass is 399 g/mol. The van der Waals surface area contributed by atoms with E-state index in [1.54, 1.807) is 4.90 Å². The molecular weight excluding hydrogens is 374 g/mol. The average molecular weight is 399 g/mol. The smallest absolute Gasteiger partial charge is 0.319 e. The molecule has 1 fully saturated rings. The normalized spacial score (nSPS) is 13.5. The van der Waals surface area contributed by atoms with Crippen molar-refractivity contribution in [2.24, 2.45) is 0 Å². The first-order valence-corrected chi connectivity index (χ1v) is 10.2. The standard InChI is InChI=1S/C25H25N3O2/c1-18-14-15-21(17-22(18)28-16-8-13-23(28)29)26-25(30)27-24(19-9-4-2-5-10-19)20-11-6-3-7-12-20/h2-7,9-12,14-15,17,24H,8,13,16H2,1H3,(H2,26,27,30). The van der Waals surface area contributed by atoms with E-state index in [0.717, 1.165) is 35.3 Å². The predicted molar refractivity (Wildman–Crippen MR) is 120 cm³/mol. The highest BCUT2D eigenvalue weighted by Crippen LogP contribution is 2.28. The van der Waals surface area contributed by atoms with Gasteiger partial charge in [0.05, 0.1) is 6.04 Å². The topological polar surface area (TPSA) is 61.4 Å². The molecule has 0 atom stereocenters. The molecule has 0 spiro atoms. The largest absolute Gasteiger partial charge is 0.327 e. The lowest BCUT2D eigenvalue weighted by Crippen LogP contribution is -2.33. The van der Waals surface area contributed by atoms with E-state index in [-0.39, 0.29) is 18.0 Å². The lowest BCUT2D eigenvalue weighted by Gasteiger charge is -2.22. The van der Waals surface area contributed by atoms with Crippen LogP contribution >= 0.6 is 0 Å². The third-order valence-electron chi connectivity index (χ3n) is 5.37. The predicted octanol–water partition coefficient (Wildman–Crippen LogP) is 5.03. The lowest BCUT2D eigenvalue weighted by atomic mass is 9.99. The molecule has 1 heterocycles. The van der Waals surface area contributed by atoms with Gasteiger partial charge in [-0.05, 0) is 42.2 Å². The molecule has 0 bridgehead atoms. The number of amides is 3. The van der Waals surface area contributed by atoms with Gasteiger partial charge in [0, 0.05) is 24.3 Å². The number of nitrogens with one attached hydrogen (secondary N) is 2. The molecule has 0 radical (unpaired) electrons. The van der Waals surface area contributed by atoms with E-state index in [9.17, 15) is 9.59 Å². The number of benzene rings is 3. The van der Waals surface area contributed by atoms with Crippen molar-refractivity contribution in [2.45, 2.75) is 25.8 Å². The minimum absolute atomic E-state index is 0.132. The summed E-state index contributed by atoms with van der Waals surface area (Å²) in [6, 6.07) is 24.9. The van der Waals surface area contributed by atoms with Gasteiger partial charge < -0.3 is 15.5 Å². The minimum atomic E-state index is -0.296. The molecule has 0 saturated carbocycles. The van der Waals surface area contributed by atoms with Crippen molar-refractivity contribution in [2.75, 3.05) is 16.8 Å². The molecule has 1 aliphatic heterocycles. The van der Waals surface area contributed by atoms with Gasteiger partial charge in [-0.15, -0.1) is 0 Å². The summed E-state index contributed by atoms with van der Waals surface area (Å²) < 4.78 is 0. The summed E-state index contributed by atoms with van der Waals surface area (Å²) in [5.74, 6) is 0.132. The number of carbonyl (C=O) groups excluding carboxylic acids is 2. The summed E-state index contributed by atoms with van der Waals surface area (Å²) in [6.07, 6.45) is 1.44. The Kier molecular flexibility index (Phi) is 5.80. The van der Waals surface area contributed by atoms with E-state index in [0.29, 0.717) is 12.1 Å². The van der Waals surface area contributed by atoms with Gasteiger partial charge in [0.1, 0.15) is 0 Å². The van der Waals surface area contributed by atoms with Crippen molar-refractivity contribution in [3.8, 4) is 0 Å². The quantitative estimate of drug-likeness (QED) is 0.632. The second-order valence-electron chi connectivity index (χ2n) is 7.50. The third-order valence-corrected chi connectivity index (χ3v) is 5.37. The molecule has 0 unspecified atom stereocenters. The maximum Gasteiger partial charge on any atom is 0.319 e. The summed E-state index contributed by atoms with van der Waals surface area (Å²) in [6.45, 7) is 2.70. The lowest BCUT2D eigenvalue weighted by molar-refractivity contribution is -0.117. The van der Waals surface area contributed by atoms with Crippen molar-refractivity contribution < 1.29 is 9.59 Å². The summed E-state index contributed by atoms with van der Waals surface area (Å²) in [7, 11) is 0. The number of carbonyl (C=O) groups is 2. The fraction of sp³-hybridized carbons (Fsp3) is 0.200. The number of urea groups is 1. The van der Waals surface area contributed by atoms with Crippen molar-refractivity contribution in [1.29, 1.82) is 0 Å². The van der Waals surface area contributed by atoms with Crippen LogP contribution in [0.3, 0.4) is 0 Å². The highest BCUT2D eigenvalue weighted by molar-refractivity contribution is 5.97. The van der Waals surface area contributed by atoms with Crippen molar-refractivity contribution >= 4 is 23.3 Å². The Bertz CT molecular complexity index is 995. The molecule has 2 N–H and O–H groups in total. The molecule has 1 aliphatic rings. The van der Waals surface area contributed by atoms with Gasteiger partial charge in [-0.3, -0.25) is 4.79 Å². The van der Waals surface area contributed by atoms with Gasteiger partial charge in [0.25, 0.3) is 0 Å². The molecule has 152 valence electrons. The van der Waals surface area contributed by atoms with Crippen LogP contribution in [-0.2, 0) is 4.79 Å². The van der Waals surface area contributed by atoms with Crippen LogP contribution in [-0.4, -0.2) is 18.5 Å². The van der Waals surface area contributed by atoms with Crippen molar-refractivity contribution in [3.63, 3.8) is 0 Å². The highest BCUT2D eigenvalue weighted by atomic mass is 16.2. The van der Waals surface area contributed by atoms with E-state index < -0.39 is 0 Å². The molecule has 5 nitrogen and oxygen atoms in total. The van der Waals surface area contributed by atoms with Gasteiger partial charge in [-0.25, -0.2) is 4.79 Å². The van der Waals surface area contributed by atoms with E-state index in [4.69, 9.17) is 0 Å². The van der Waals surface area contributed by atoms with E-state index in [2.05, 4.69) is 10.6 Å². The first kappa shape index (κ1) is 19.7. The fourth-order valence-corrected chi connectivity index (χ4v) is 3.83. The van der Waals surface area contributed by atoms with Crippen LogP contribution in [0.2, 0.25) is 0 Å². The Hall–Kier alpha value is -3.60. The zero-order valence-electron chi connectivity index (χ0n) is 17.0. The molecule has 3 amide bonds. The second kappa shape index (κ2) is 8.82. The first-order chi connectivity index (χ1) is 14.6. The Labute approximate surface area is 176 Å². The number of hydrogen-bond donors (Lipinski definition) is 2. The summed E-state index contributed by atoms with van der Waals surface area (Å²) in [5, 5.41) is 6.01. The molecule has 4 rings (SSSR count). The zero-order chi connectivity index (χ0) is 20.9. The van der Waals surface area contributed by atoms with E-state index in [1.807, 2.05) is 85.8 Å². The van der Waals surface area contributed by atoms with E-state index >= 15 is 0 Å². The Balaban J connectivity index is 1.54. The molecule has 1 saturated heterocycles. The molecule has 30 heavy (non-hydrogen) atoms. The Morgan fingerprint density at radius 2 is 1.57 bits per heavy atom. The Morgan fingerprint density at radius 3 is 2.13 bits per heavy atom. The number of nitrogens with zero attached hydrogens (tertiary/aromatic N) is 1. The van der Waals surface area contributed by atoms with Gasteiger partial charge in [0.2, 0.25) is 5.91 Å². The second-order valence-corrected chi connectivity index (χ2v) is 7.50. The SMILES string of the molecule is Cc1ccc(NC(=O)NC(c2ccccc2)c2ccccc2)cc1N1CCCC1=O. The van der Waals surface area contributed by atoms with Gasteiger partial charge in [-0.1, -0.05) is 66.7 Å². The number of aryl methyl sites for hydroxylation is 1. The van der Waals surface area contributed by atoms with Crippen LogP contribution in [0.15, 0.2) is 78.9 Å². The number of hydrogen-bond acceptors (Lipinski definition) is 2. The van der Waals surface area contributed by atoms with Gasteiger partial charge in [0.15, 0.2) is 0 Å². The Morgan fingerprint density at radius 1 is 0.933 bits per heavy atom. The maximum absolute atomic E-state index is 12.8. The molecule has 0 aliphatic carbocycles. The molecule has 3 aromatic rings. The fourth-order valence-electron chi connectivity index (χ4n) is 3.83. The summed E-state index contributed by atoms with van der Waals surface area (Å²) >= 11 is 0. The number of anilines is 2. The summed E-state index contributed by atoms with van der Waals surface area (Å²) in [5.41, 5.74) is 4.55. The zero-order valence-corrected chi connectivity index (χ0v) is 17.0. The van der Waals surface area contributed by atoms with Gasteiger partial charge in [-0.2, -0.15) is 0 Å². The number of rotatable bonds is 5. The van der Waals surface area contributed by atoms with Crippen molar-refractivity contribution in [3.05, 3.63) is 95.6 Å².